The van der Waals surface area contributed by atoms with Crippen LogP contribution in [0.5, 0.6) is 0 Å². The fourth-order valence-corrected chi connectivity index (χ4v) is 4.32. The van der Waals surface area contributed by atoms with Gasteiger partial charge in [-0.3, -0.25) is 0 Å². The second kappa shape index (κ2) is 8.69. The van der Waals surface area contributed by atoms with Crippen LogP contribution in [0, 0.1) is 5.92 Å². The lowest BCUT2D eigenvalue weighted by molar-refractivity contribution is -0.290. The topological polar surface area (TPSA) is 94.3 Å². The zero-order valence-electron chi connectivity index (χ0n) is 16.5. The third-order valence-corrected chi connectivity index (χ3v) is 4.76. The van der Waals surface area contributed by atoms with Gasteiger partial charge in [0.1, 0.15) is 11.0 Å². The average Bonchev–Trinajstić information content (AvgIpc) is 2.48. The quantitative estimate of drug-likeness (QED) is 0.274. The Bertz CT molecular complexity index is 593. The summed E-state index contributed by atoms with van der Waals surface area (Å²) in [5, 5.41) is 7.50. The summed E-state index contributed by atoms with van der Waals surface area (Å²) in [7, 11) is 0. The van der Waals surface area contributed by atoms with Crippen LogP contribution in [0.15, 0.2) is 0 Å². The Balaban J connectivity index is 2.05. The zero-order chi connectivity index (χ0) is 19.4. The maximum Gasteiger partial charge on any atom is 0.223 e. The van der Waals surface area contributed by atoms with Crippen molar-refractivity contribution >= 4 is 23.4 Å². The molecule has 0 aliphatic carbocycles. The molecule has 1 aromatic heterocycles. The van der Waals surface area contributed by atoms with E-state index in [9.17, 15) is 0 Å². The third-order valence-electron chi connectivity index (χ3n) is 4.44. The summed E-state index contributed by atoms with van der Waals surface area (Å²) in [6.07, 6.45) is 2.71. The van der Waals surface area contributed by atoms with Gasteiger partial charge in [0.05, 0.1) is 13.2 Å². The van der Waals surface area contributed by atoms with E-state index in [1.807, 2.05) is 6.92 Å². The lowest BCUT2D eigenvalue weighted by Crippen LogP contribution is -2.58. The molecule has 0 saturated carbocycles. The van der Waals surface area contributed by atoms with Crippen LogP contribution in [0.4, 0.5) is 11.8 Å². The van der Waals surface area contributed by atoms with Crippen molar-refractivity contribution in [3.8, 4) is 0 Å². The largest absolute Gasteiger partial charge is 0.369 e. The number of hydrogen-bond donors (Lipinski definition) is 3. The van der Waals surface area contributed by atoms with Gasteiger partial charge in [-0.05, 0) is 53.4 Å². The smallest absolute Gasteiger partial charge is 0.223 e. The number of nitrogens with zero attached hydrogens (tertiary/aromatic N) is 2. The second-order valence-corrected chi connectivity index (χ2v) is 8.58. The maximum atomic E-state index is 6.28. The summed E-state index contributed by atoms with van der Waals surface area (Å²) in [6.45, 7) is 12.5. The Morgan fingerprint density at radius 2 is 1.85 bits per heavy atom. The third kappa shape index (κ3) is 6.23. The lowest BCUT2D eigenvalue weighted by atomic mass is 9.76. The van der Waals surface area contributed by atoms with Gasteiger partial charge >= 0.3 is 0 Å². The molecule has 1 aliphatic heterocycles. The highest BCUT2D eigenvalue weighted by atomic mass is 35.5. The SMILES string of the molecule is CCOOCCc1c(Cl)nc(N)nc1NCC1CC(C)(C)NC(C)(C)C1. The van der Waals surface area contributed by atoms with Crippen LogP contribution >= 0.6 is 11.6 Å². The predicted octanol–water partition coefficient (Wildman–Crippen LogP) is 3.19. The molecule has 7 nitrogen and oxygen atoms in total. The molecule has 8 heteroatoms. The van der Waals surface area contributed by atoms with E-state index in [0.29, 0.717) is 36.5 Å². The number of halogens is 1. The van der Waals surface area contributed by atoms with E-state index in [0.717, 1.165) is 24.9 Å². The fourth-order valence-electron chi connectivity index (χ4n) is 4.05. The second-order valence-electron chi connectivity index (χ2n) is 8.23. The van der Waals surface area contributed by atoms with Gasteiger partial charge in [0.2, 0.25) is 5.95 Å². The van der Waals surface area contributed by atoms with Crippen molar-refractivity contribution in [3.05, 3.63) is 10.7 Å². The highest BCUT2D eigenvalue weighted by Crippen LogP contribution is 2.33. The Kier molecular flexibility index (Phi) is 7.07. The van der Waals surface area contributed by atoms with Crippen LogP contribution in [-0.2, 0) is 16.2 Å². The Hall–Kier alpha value is -1.15. The molecule has 0 bridgehead atoms. The van der Waals surface area contributed by atoms with Crippen molar-refractivity contribution in [2.24, 2.45) is 5.92 Å². The van der Waals surface area contributed by atoms with Crippen LogP contribution in [-0.4, -0.2) is 40.8 Å². The number of hydrogen-bond acceptors (Lipinski definition) is 7. The number of nitrogens with two attached hydrogens (primary N) is 1. The minimum atomic E-state index is 0.102. The van der Waals surface area contributed by atoms with Gasteiger partial charge in [-0.2, -0.15) is 4.98 Å². The van der Waals surface area contributed by atoms with Crippen molar-refractivity contribution in [1.29, 1.82) is 0 Å². The van der Waals surface area contributed by atoms with Crippen molar-refractivity contribution in [1.82, 2.24) is 15.3 Å². The Labute approximate surface area is 161 Å². The van der Waals surface area contributed by atoms with Gasteiger partial charge in [0, 0.05) is 29.6 Å². The minimum Gasteiger partial charge on any atom is -0.369 e. The van der Waals surface area contributed by atoms with E-state index in [1.54, 1.807) is 0 Å². The van der Waals surface area contributed by atoms with Gasteiger partial charge in [0.25, 0.3) is 0 Å². The van der Waals surface area contributed by atoms with Crippen molar-refractivity contribution < 1.29 is 9.78 Å². The van der Waals surface area contributed by atoms with Crippen LogP contribution in [0.25, 0.3) is 0 Å². The summed E-state index contributed by atoms with van der Waals surface area (Å²) in [5.74, 6) is 1.36. The molecule has 0 radical (unpaired) electrons. The molecule has 148 valence electrons. The van der Waals surface area contributed by atoms with Crippen LogP contribution in [0.3, 0.4) is 0 Å². The number of piperidine rings is 1. The van der Waals surface area contributed by atoms with E-state index in [4.69, 9.17) is 27.1 Å². The summed E-state index contributed by atoms with van der Waals surface area (Å²) in [4.78, 5) is 18.4. The van der Waals surface area contributed by atoms with E-state index < -0.39 is 0 Å². The first-order chi connectivity index (χ1) is 12.1. The molecule has 1 aromatic rings. The molecule has 0 atom stereocenters. The Morgan fingerprint density at radius 3 is 2.46 bits per heavy atom. The standard InChI is InChI=1S/C18H32ClN5O2/c1-6-25-26-8-7-13-14(19)22-16(20)23-15(13)21-11-12-9-17(2,3)24-18(4,5)10-12/h12,24H,6-11H2,1-5H3,(H3,20,21,22,23). The number of nitrogens with one attached hydrogen (secondary N) is 2. The lowest BCUT2D eigenvalue weighted by Gasteiger charge is -2.46. The summed E-state index contributed by atoms with van der Waals surface area (Å²) in [5.41, 5.74) is 6.79. The van der Waals surface area contributed by atoms with Gasteiger partial charge in [-0.15, -0.1) is 0 Å². The number of aromatic nitrogens is 2. The van der Waals surface area contributed by atoms with Crippen LogP contribution in [0.1, 0.15) is 53.0 Å². The first kappa shape index (κ1) is 21.2. The molecule has 0 amide bonds. The number of anilines is 2. The first-order valence-corrected chi connectivity index (χ1v) is 9.59. The van der Waals surface area contributed by atoms with E-state index >= 15 is 0 Å². The molecular formula is C18H32ClN5O2. The predicted molar refractivity (Wildman–Crippen MR) is 105 cm³/mol. The number of nitrogen functional groups attached to an aromatic ring is 1. The molecule has 2 rings (SSSR count). The molecule has 1 saturated heterocycles. The summed E-state index contributed by atoms with van der Waals surface area (Å²) >= 11 is 6.28. The van der Waals surface area contributed by atoms with Gasteiger partial charge in [0.15, 0.2) is 0 Å². The average molecular weight is 386 g/mol. The molecule has 0 aromatic carbocycles. The molecule has 0 spiro atoms. The normalized spacial score (nSPS) is 19.5. The minimum absolute atomic E-state index is 0.102. The highest BCUT2D eigenvalue weighted by Gasteiger charge is 2.37. The molecule has 26 heavy (non-hydrogen) atoms. The monoisotopic (exact) mass is 385 g/mol. The van der Waals surface area contributed by atoms with Gasteiger partial charge in [-0.25, -0.2) is 14.8 Å². The molecular weight excluding hydrogens is 354 g/mol. The molecule has 2 heterocycles. The first-order valence-electron chi connectivity index (χ1n) is 9.21. The molecule has 1 fully saturated rings. The fraction of sp³-hybridized carbons (Fsp3) is 0.778. The maximum absolute atomic E-state index is 6.28. The van der Waals surface area contributed by atoms with E-state index in [2.05, 4.69) is 48.3 Å². The molecule has 4 N–H and O–H groups in total. The van der Waals surface area contributed by atoms with Crippen LogP contribution in [0.2, 0.25) is 5.15 Å². The summed E-state index contributed by atoms with van der Waals surface area (Å²) in [6, 6.07) is 0. The van der Waals surface area contributed by atoms with Crippen molar-refractivity contribution in [2.75, 3.05) is 30.8 Å². The van der Waals surface area contributed by atoms with Crippen molar-refractivity contribution in [2.45, 2.75) is 65.0 Å². The van der Waals surface area contributed by atoms with E-state index in [-0.39, 0.29) is 17.0 Å². The Morgan fingerprint density at radius 1 is 1.19 bits per heavy atom. The zero-order valence-corrected chi connectivity index (χ0v) is 17.2. The molecule has 1 aliphatic rings. The van der Waals surface area contributed by atoms with Crippen molar-refractivity contribution in [3.63, 3.8) is 0 Å². The molecule has 0 unspecified atom stereocenters. The van der Waals surface area contributed by atoms with Gasteiger partial charge < -0.3 is 16.4 Å². The number of rotatable bonds is 8. The van der Waals surface area contributed by atoms with Crippen LogP contribution < -0.4 is 16.4 Å². The summed E-state index contributed by atoms with van der Waals surface area (Å²) < 4.78 is 0. The van der Waals surface area contributed by atoms with E-state index in [1.165, 1.54) is 0 Å². The highest BCUT2D eigenvalue weighted by molar-refractivity contribution is 6.30. The van der Waals surface area contributed by atoms with Gasteiger partial charge in [-0.1, -0.05) is 11.6 Å².